The highest BCUT2D eigenvalue weighted by Crippen LogP contribution is 2.31. The minimum absolute atomic E-state index is 0.171. The molecule has 4 rings (SSSR count). The second-order valence-electron chi connectivity index (χ2n) is 9.47. The van der Waals surface area contributed by atoms with E-state index >= 15 is 0 Å². The third kappa shape index (κ3) is 4.89. The third-order valence-corrected chi connectivity index (χ3v) is 6.34. The first kappa shape index (κ1) is 21.0. The lowest BCUT2D eigenvalue weighted by atomic mass is 9.89. The number of aromatic nitrogens is 2. The monoisotopic (exact) mass is 409 g/mol. The predicted octanol–water partition coefficient (Wildman–Crippen LogP) is 5.20. The lowest BCUT2D eigenvalue weighted by Gasteiger charge is -2.34. The van der Waals surface area contributed by atoms with E-state index in [1.807, 2.05) is 12.3 Å². The fourth-order valence-corrected chi connectivity index (χ4v) is 4.73. The van der Waals surface area contributed by atoms with Crippen LogP contribution in [0, 0.1) is 0 Å². The number of halogens is 1. The number of allylic oxidation sites excluding steroid dienone is 4. The number of fused-ring (bicyclic) bond motifs is 1. The number of Topliss-reactive ketones (excluding diaryl/α,β-unsaturated/α-hetero) is 1. The summed E-state index contributed by atoms with van der Waals surface area (Å²) in [6.45, 7) is 8.17. The van der Waals surface area contributed by atoms with Gasteiger partial charge >= 0.3 is 0 Å². The number of ketones is 1. The maximum atomic E-state index is 13.9. The topological polar surface area (TPSA) is 38.1 Å². The molecule has 1 aliphatic heterocycles. The van der Waals surface area contributed by atoms with Crippen LogP contribution in [0.25, 0.3) is 11.0 Å². The molecular formula is C25H32FN3O. The van der Waals surface area contributed by atoms with E-state index in [1.54, 1.807) is 20.8 Å². The van der Waals surface area contributed by atoms with Crippen molar-refractivity contribution in [2.45, 2.75) is 64.6 Å². The van der Waals surface area contributed by atoms with Gasteiger partial charge in [0, 0.05) is 30.9 Å². The Labute approximate surface area is 178 Å². The Balaban J connectivity index is 1.43. The molecule has 1 aliphatic carbocycles. The number of pyridine rings is 1. The van der Waals surface area contributed by atoms with Gasteiger partial charge in [0.1, 0.15) is 11.3 Å². The molecule has 3 heterocycles. The van der Waals surface area contributed by atoms with E-state index < -0.39 is 5.67 Å². The molecule has 0 spiro atoms. The second kappa shape index (κ2) is 8.46. The highest BCUT2D eigenvalue weighted by molar-refractivity contribution is 5.93. The minimum Gasteiger partial charge on any atom is -0.328 e. The molecule has 4 nitrogen and oxygen atoms in total. The highest BCUT2D eigenvalue weighted by atomic mass is 19.1. The van der Waals surface area contributed by atoms with E-state index in [-0.39, 0.29) is 5.78 Å². The molecule has 5 heteroatoms. The van der Waals surface area contributed by atoms with E-state index in [1.165, 1.54) is 16.5 Å². The van der Waals surface area contributed by atoms with Crippen LogP contribution in [-0.4, -0.2) is 45.5 Å². The molecule has 0 radical (unpaired) electrons. The van der Waals surface area contributed by atoms with Gasteiger partial charge in [-0.15, -0.1) is 0 Å². The van der Waals surface area contributed by atoms with Gasteiger partial charge in [0.05, 0.1) is 0 Å². The molecule has 1 saturated heterocycles. The van der Waals surface area contributed by atoms with Gasteiger partial charge in [-0.2, -0.15) is 0 Å². The van der Waals surface area contributed by atoms with Gasteiger partial charge in [-0.1, -0.05) is 17.7 Å². The standard InChI is InChI=1S/C25H32FN3O/c1-18(30)20-6-4-19(5-7-20)16-29-13-10-22-14-23(15-27-24(22)29)21-8-11-28(12-9-21)17-25(2,3)26/h4,6,10,13-15,21H,5,7-9,11-12,16-17H2,1-3H3. The average Bonchev–Trinajstić information content (AvgIpc) is 3.10. The van der Waals surface area contributed by atoms with Crippen molar-refractivity contribution < 1.29 is 9.18 Å². The molecule has 0 saturated carbocycles. The van der Waals surface area contributed by atoms with Gasteiger partial charge in [-0.05, 0) is 88.7 Å². The quantitative estimate of drug-likeness (QED) is 0.658. The largest absolute Gasteiger partial charge is 0.328 e. The Morgan fingerprint density at radius 2 is 2.00 bits per heavy atom. The number of carbonyl (C=O) groups is 1. The number of alkyl halides is 1. The highest BCUT2D eigenvalue weighted by Gasteiger charge is 2.26. The minimum atomic E-state index is -1.13. The zero-order valence-electron chi connectivity index (χ0n) is 18.3. The van der Waals surface area contributed by atoms with Crippen LogP contribution in [0.5, 0.6) is 0 Å². The van der Waals surface area contributed by atoms with Crippen molar-refractivity contribution >= 4 is 16.8 Å². The molecule has 2 aliphatic rings. The van der Waals surface area contributed by atoms with E-state index in [2.05, 4.69) is 33.9 Å². The summed E-state index contributed by atoms with van der Waals surface area (Å²) >= 11 is 0. The fraction of sp³-hybridized carbons (Fsp3) is 0.520. The molecule has 0 atom stereocenters. The van der Waals surface area contributed by atoms with E-state index in [0.717, 1.165) is 56.5 Å². The van der Waals surface area contributed by atoms with Crippen molar-refractivity contribution in [3.63, 3.8) is 0 Å². The summed E-state index contributed by atoms with van der Waals surface area (Å²) in [5.74, 6) is 0.672. The molecule has 2 aromatic rings. The summed E-state index contributed by atoms with van der Waals surface area (Å²) in [5, 5.41) is 1.18. The summed E-state index contributed by atoms with van der Waals surface area (Å²) < 4.78 is 16.1. The van der Waals surface area contributed by atoms with Crippen LogP contribution in [0.2, 0.25) is 0 Å². The summed E-state index contributed by atoms with van der Waals surface area (Å²) in [4.78, 5) is 18.5. The van der Waals surface area contributed by atoms with Gasteiger partial charge in [-0.25, -0.2) is 9.37 Å². The molecule has 160 valence electrons. The number of hydrogen-bond donors (Lipinski definition) is 0. The molecule has 0 bridgehead atoms. The van der Waals surface area contributed by atoms with Crippen molar-refractivity contribution in [2.75, 3.05) is 19.6 Å². The Hall–Kier alpha value is -2.27. The van der Waals surface area contributed by atoms with Crippen LogP contribution in [0.4, 0.5) is 4.39 Å². The Morgan fingerprint density at radius 3 is 2.63 bits per heavy atom. The maximum absolute atomic E-state index is 13.9. The van der Waals surface area contributed by atoms with Crippen molar-refractivity contribution in [1.82, 2.24) is 14.5 Å². The van der Waals surface area contributed by atoms with Gasteiger partial charge in [0.2, 0.25) is 0 Å². The van der Waals surface area contributed by atoms with Crippen molar-refractivity contribution in [1.29, 1.82) is 0 Å². The first-order valence-corrected chi connectivity index (χ1v) is 11.0. The Bertz CT molecular complexity index is 987. The van der Waals surface area contributed by atoms with Gasteiger partial charge < -0.3 is 9.47 Å². The number of piperidine rings is 1. The third-order valence-electron chi connectivity index (χ3n) is 6.34. The Kier molecular flexibility index (Phi) is 5.92. The van der Waals surface area contributed by atoms with Crippen LogP contribution in [0.15, 0.2) is 47.8 Å². The lowest BCUT2D eigenvalue weighted by molar-refractivity contribution is -0.113. The van der Waals surface area contributed by atoms with Crippen LogP contribution in [0.3, 0.4) is 0 Å². The first-order valence-electron chi connectivity index (χ1n) is 11.0. The van der Waals surface area contributed by atoms with Crippen LogP contribution in [-0.2, 0) is 11.3 Å². The maximum Gasteiger partial charge on any atom is 0.155 e. The smallest absolute Gasteiger partial charge is 0.155 e. The first-order chi connectivity index (χ1) is 14.3. The zero-order valence-corrected chi connectivity index (χ0v) is 18.3. The van der Waals surface area contributed by atoms with E-state index in [0.29, 0.717) is 12.5 Å². The molecule has 2 aromatic heterocycles. The lowest BCUT2D eigenvalue weighted by Crippen LogP contribution is -2.40. The molecule has 0 N–H and O–H groups in total. The average molecular weight is 410 g/mol. The molecular weight excluding hydrogens is 377 g/mol. The molecule has 0 unspecified atom stereocenters. The molecule has 0 aromatic carbocycles. The number of nitrogens with zero attached hydrogens (tertiary/aromatic N) is 3. The zero-order chi connectivity index (χ0) is 21.3. The van der Waals surface area contributed by atoms with Crippen LogP contribution in [0.1, 0.15) is 57.9 Å². The number of hydrogen-bond acceptors (Lipinski definition) is 3. The summed E-state index contributed by atoms with van der Waals surface area (Å²) in [6, 6.07) is 4.42. The predicted molar refractivity (Wildman–Crippen MR) is 119 cm³/mol. The normalized spacial score (nSPS) is 19.1. The van der Waals surface area contributed by atoms with Crippen LogP contribution >= 0.6 is 0 Å². The van der Waals surface area contributed by atoms with Gasteiger partial charge in [0.25, 0.3) is 0 Å². The number of rotatable bonds is 6. The van der Waals surface area contributed by atoms with Crippen molar-refractivity contribution in [2.24, 2.45) is 0 Å². The molecule has 30 heavy (non-hydrogen) atoms. The Morgan fingerprint density at radius 1 is 1.23 bits per heavy atom. The molecule has 0 amide bonds. The number of carbonyl (C=O) groups excluding carboxylic acids is 1. The number of likely N-dealkylation sites (tertiary alicyclic amines) is 1. The SMILES string of the molecule is CC(=O)C1=CC=C(Cn2ccc3cc(C4CCN(CC(C)(C)F)CC4)cnc32)CC1. The summed E-state index contributed by atoms with van der Waals surface area (Å²) in [6.07, 6.45) is 12.1. The summed E-state index contributed by atoms with van der Waals surface area (Å²) in [5.41, 5.74) is 3.42. The van der Waals surface area contributed by atoms with Gasteiger partial charge in [0.15, 0.2) is 5.78 Å². The van der Waals surface area contributed by atoms with E-state index in [4.69, 9.17) is 4.98 Å². The van der Waals surface area contributed by atoms with Crippen molar-refractivity contribution in [3.05, 3.63) is 53.4 Å². The van der Waals surface area contributed by atoms with Gasteiger partial charge in [-0.3, -0.25) is 4.79 Å². The second-order valence-corrected chi connectivity index (χ2v) is 9.47. The molecule has 1 fully saturated rings. The summed E-state index contributed by atoms with van der Waals surface area (Å²) in [7, 11) is 0. The van der Waals surface area contributed by atoms with Crippen LogP contribution < -0.4 is 0 Å². The van der Waals surface area contributed by atoms with E-state index in [9.17, 15) is 9.18 Å². The van der Waals surface area contributed by atoms with Crippen molar-refractivity contribution in [3.8, 4) is 0 Å². The fourth-order valence-electron chi connectivity index (χ4n) is 4.73.